The van der Waals surface area contributed by atoms with Gasteiger partial charge < -0.3 is 10.0 Å². The molecule has 0 saturated carbocycles. The van der Waals surface area contributed by atoms with Gasteiger partial charge in [-0.1, -0.05) is 34.1 Å². The fourth-order valence-electron chi connectivity index (χ4n) is 2.90. The Labute approximate surface area is 144 Å². The molecule has 1 N–H and O–H groups in total. The Bertz CT molecular complexity index is 697. The summed E-state index contributed by atoms with van der Waals surface area (Å²) in [4.78, 5) is 15.8. The van der Waals surface area contributed by atoms with Crippen LogP contribution >= 0.6 is 15.9 Å². The average molecular weight is 375 g/mol. The number of carboxylic acids is 1. The van der Waals surface area contributed by atoms with Crippen LogP contribution in [-0.2, 0) is 6.54 Å². The van der Waals surface area contributed by atoms with Gasteiger partial charge in [0.05, 0.1) is 5.56 Å². The Morgan fingerprint density at radius 1 is 1.04 bits per heavy atom. The first-order chi connectivity index (χ1) is 11.1. The molecule has 0 bridgehead atoms. The fourth-order valence-corrected chi connectivity index (χ4v) is 3.29. The van der Waals surface area contributed by atoms with Crippen molar-refractivity contribution in [2.45, 2.75) is 6.54 Å². The third-order valence-electron chi connectivity index (χ3n) is 4.13. The number of aromatic carboxylic acids is 1. The Kier molecular flexibility index (Phi) is 4.98. The summed E-state index contributed by atoms with van der Waals surface area (Å²) in [5.74, 6) is -0.869. The van der Waals surface area contributed by atoms with Crippen molar-refractivity contribution in [3.05, 3.63) is 64.1 Å². The minimum absolute atomic E-state index is 0.357. The van der Waals surface area contributed by atoms with Gasteiger partial charge >= 0.3 is 5.97 Å². The SMILES string of the molecule is O=C(O)c1cccc(CN2CCN(c3cccc(Br)c3)CC2)c1. The molecule has 0 unspecified atom stereocenters. The number of halogens is 1. The van der Waals surface area contributed by atoms with E-state index in [1.165, 1.54) is 5.69 Å². The van der Waals surface area contributed by atoms with Crippen LogP contribution in [0.4, 0.5) is 5.69 Å². The monoisotopic (exact) mass is 374 g/mol. The molecule has 3 rings (SSSR count). The predicted molar refractivity (Wildman–Crippen MR) is 95.0 cm³/mol. The molecule has 4 nitrogen and oxygen atoms in total. The second kappa shape index (κ2) is 7.15. The Morgan fingerprint density at radius 2 is 1.78 bits per heavy atom. The first kappa shape index (κ1) is 16.0. The summed E-state index contributed by atoms with van der Waals surface area (Å²) in [6, 6.07) is 15.6. The summed E-state index contributed by atoms with van der Waals surface area (Å²) in [6.45, 7) is 4.71. The quantitative estimate of drug-likeness (QED) is 0.889. The van der Waals surface area contributed by atoms with Gasteiger partial charge in [-0.05, 0) is 35.9 Å². The number of nitrogens with zero attached hydrogens (tertiary/aromatic N) is 2. The number of hydrogen-bond acceptors (Lipinski definition) is 3. The minimum atomic E-state index is -0.869. The molecule has 0 aromatic heterocycles. The summed E-state index contributed by atoms with van der Waals surface area (Å²) in [5, 5.41) is 9.07. The number of hydrogen-bond donors (Lipinski definition) is 1. The van der Waals surface area contributed by atoms with Crippen LogP contribution in [-0.4, -0.2) is 42.2 Å². The molecule has 0 radical (unpaired) electrons. The molecular formula is C18H19BrN2O2. The van der Waals surface area contributed by atoms with E-state index in [-0.39, 0.29) is 0 Å². The predicted octanol–water partition coefficient (Wildman–Crippen LogP) is 3.47. The standard InChI is InChI=1S/C18H19BrN2O2/c19-16-5-2-6-17(12-16)21-9-7-20(8-10-21)13-14-3-1-4-15(11-14)18(22)23/h1-6,11-12H,7-10,13H2,(H,22,23). The van der Waals surface area contributed by atoms with Crippen molar-refractivity contribution in [1.82, 2.24) is 4.90 Å². The largest absolute Gasteiger partial charge is 0.478 e. The molecule has 1 aliphatic rings. The van der Waals surface area contributed by atoms with Crippen LogP contribution in [0.2, 0.25) is 0 Å². The molecule has 120 valence electrons. The van der Waals surface area contributed by atoms with Crippen molar-refractivity contribution in [2.24, 2.45) is 0 Å². The van der Waals surface area contributed by atoms with E-state index in [9.17, 15) is 4.79 Å². The maximum atomic E-state index is 11.0. The normalized spacial score (nSPS) is 15.6. The Balaban J connectivity index is 1.59. The van der Waals surface area contributed by atoms with Crippen LogP contribution in [0.5, 0.6) is 0 Å². The third-order valence-corrected chi connectivity index (χ3v) is 4.62. The summed E-state index contributed by atoms with van der Waals surface area (Å²) in [5.41, 5.74) is 2.66. The molecule has 0 amide bonds. The second-order valence-corrected chi connectivity index (χ2v) is 6.66. The van der Waals surface area contributed by atoms with Gasteiger partial charge in [0.25, 0.3) is 0 Å². The van der Waals surface area contributed by atoms with Gasteiger partial charge in [0.2, 0.25) is 0 Å². The maximum absolute atomic E-state index is 11.0. The fraction of sp³-hybridized carbons (Fsp3) is 0.278. The van der Waals surface area contributed by atoms with E-state index in [1.807, 2.05) is 18.2 Å². The van der Waals surface area contributed by atoms with Gasteiger partial charge in [0.15, 0.2) is 0 Å². The Morgan fingerprint density at radius 3 is 2.48 bits per heavy atom. The molecule has 0 atom stereocenters. The average Bonchev–Trinajstić information content (AvgIpc) is 2.56. The first-order valence-corrected chi connectivity index (χ1v) is 8.46. The van der Waals surface area contributed by atoms with Gasteiger partial charge in [-0.2, -0.15) is 0 Å². The second-order valence-electron chi connectivity index (χ2n) is 5.75. The third kappa shape index (κ3) is 4.12. The lowest BCUT2D eigenvalue weighted by molar-refractivity contribution is 0.0696. The smallest absolute Gasteiger partial charge is 0.335 e. The summed E-state index contributed by atoms with van der Waals surface area (Å²) in [7, 11) is 0. The molecule has 0 aliphatic carbocycles. The zero-order valence-corrected chi connectivity index (χ0v) is 14.4. The van der Waals surface area contributed by atoms with Gasteiger partial charge in [-0.15, -0.1) is 0 Å². The van der Waals surface area contributed by atoms with E-state index < -0.39 is 5.97 Å². The lowest BCUT2D eigenvalue weighted by Crippen LogP contribution is -2.45. The summed E-state index contributed by atoms with van der Waals surface area (Å²) in [6.07, 6.45) is 0. The summed E-state index contributed by atoms with van der Waals surface area (Å²) >= 11 is 3.52. The molecule has 2 aromatic rings. The van der Waals surface area contributed by atoms with Crippen LogP contribution in [0.25, 0.3) is 0 Å². The number of carboxylic acid groups (broad SMARTS) is 1. The van der Waals surface area contributed by atoms with Crippen molar-refractivity contribution in [3.8, 4) is 0 Å². The lowest BCUT2D eigenvalue weighted by Gasteiger charge is -2.36. The van der Waals surface area contributed by atoms with Gasteiger partial charge in [0, 0.05) is 42.9 Å². The number of rotatable bonds is 4. The molecule has 5 heteroatoms. The van der Waals surface area contributed by atoms with Gasteiger partial charge in [-0.3, -0.25) is 4.90 Å². The first-order valence-electron chi connectivity index (χ1n) is 7.67. The molecule has 1 aliphatic heterocycles. The molecular weight excluding hydrogens is 356 g/mol. The zero-order valence-electron chi connectivity index (χ0n) is 12.8. The van der Waals surface area contributed by atoms with Crippen LogP contribution in [0.1, 0.15) is 15.9 Å². The van der Waals surface area contributed by atoms with E-state index in [0.29, 0.717) is 5.56 Å². The van der Waals surface area contributed by atoms with Crippen molar-refractivity contribution in [2.75, 3.05) is 31.1 Å². The Hall–Kier alpha value is -1.85. The highest BCUT2D eigenvalue weighted by Crippen LogP contribution is 2.21. The molecule has 2 aromatic carbocycles. The number of piperazine rings is 1. The molecule has 1 fully saturated rings. The van der Waals surface area contributed by atoms with E-state index >= 15 is 0 Å². The number of anilines is 1. The highest BCUT2D eigenvalue weighted by molar-refractivity contribution is 9.10. The van der Waals surface area contributed by atoms with Crippen LogP contribution in [0.3, 0.4) is 0 Å². The van der Waals surface area contributed by atoms with Crippen molar-refractivity contribution >= 4 is 27.6 Å². The topological polar surface area (TPSA) is 43.8 Å². The van der Waals surface area contributed by atoms with E-state index in [2.05, 4.69) is 43.9 Å². The molecule has 1 heterocycles. The van der Waals surface area contributed by atoms with E-state index in [4.69, 9.17) is 5.11 Å². The van der Waals surface area contributed by atoms with Crippen molar-refractivity contribution in [1.29, 1.82) is 0 Å². The van der Waals surface area contributed by atoms with Crippen molar-refractivity contribution < 1.29 is 9.90 Å². The highest BCUT2D eigenvalue weighted by atomic mass is 79.9. The lowest BCUT2D eigenvalue weighted by atomic mass is 10.1. The number of benzene rings is 2. The highest BCUT2D eigenvalue weighted by Gasteiger charge is 2.17. The van der Waals surface area contributed by atoms with Gasteiger partial charge in [-0.25, -0.2) is 4.79 Å². The van der Waals surface area contributed by atoms with Crippen LogP contribution in [0, 0.1) is 0 Å². The zero-order chi connectivity index (χ0) is 16.2. The molecule has 0 spiro atoms. The van der Waals surface area contributed by atoms with Crippen molar-refractivity contribution in [3.63, 3.8) is 0 Å². The van der Waals surface area contributed by atoms with Crippen LogP contribution in [0.15, 0.2) is 53.0 Å². The minimum Gasteiger partial charge on any atom is -0.478 e. The van der Waals surface area contributed by atoms with E-state index in [0.717, 1.165) is 42.8 Å². The number of carbonyl (C=O) groups is 1. The maximum Gasteiger partial charge on any atom is 0.335 e. The molecule has 23 heavy (non-hydrogen) atoms. The molecule has 1 saturated heterocycles. The van der Waals surface area contributed by atoms with Crippen LogP contribution < -0.4 is 4.90 Å². The van der Waals surface area contributed by atoms with Gasteiger partial charge in [0.1, 0.15) is 0 Å². The van der Waals surface area contributed by atoms with E-state index in [1.54, 1.807) is 12.1 Å². The summed E-state index contributed by atoms with van der Waals surface area (Å²) < 4.78 is 1.10.